The van der Waals surface area contributed by atoms with Gasteiger partial charge in [-0.1, -0.05) is 30.3 Å². The molecule has 1 aromatic carbocycles. The first-order valence-corrected chi connectivity index (χ1v) is 7.00. The van der Waals surface area contributed by atoms with Crippen LogP contribution < -0.4 is 4.74 Å². The normalized spacial score (nSPS) is 16.1. The minimum Gasteiger partial charge on any atom is -0.483 e. The molecule has 1 N–H and O–H groups in total. The Morgan fingerprint density at radius 1 is 1.40 bits per heavy atom. The van der Waals surface area contributed by atoms with E-state index in [4.69, 9.17) is 9.26 Å². The first kappa shape index (κ1) is 13.1. The van der Waals surface area contributed by atoms with Crippen LogP contribution in [0, 0.1) is 0 Å². The summed E-state index contributed by atoms with van der Waals surface area (Å²) in [5.41, 5.74) is 0.789. The summed E-state index contributed by atoms with van der Waals surface area (Å²) in [7, 11) is 0. The minimum absolute atomic E-state index is 0.229. The Morgan fingerprint density at radius 2 is 2.20 bits per heavy atom. The number of hydrogen-bond acceptors (Lipinski definition) is 5. The predicted octanol–water partition coefficient (Wildman–Crippen LogP) is 2.97. The molecule has 0 spiro atoms. The van der Waals surface area contributed by atoms with Gasteiger partial charge in [-0.25, -0.2) is 0 Å². The molecule has 1 aliphatic rings. The Labute approximate surface area is 117 Å². The fourth-order valence-corrected chi connectivity index (χ4v) is 2.08. The quantitative estimate of drug-likeness (QED) is 0.877. The van der Waals surface area contributed by atoms with E-state index in [1.54, 1.807) is 0 Å². The number of aliphatic hydroxyl groups is 1. The minimum atomic E-state index is -0.518. The molecule has 0 saturated heterocycles. The van der Waals surface area contributed by atoms with Gasteiger partial charge in [0.05, 0.1) is 6.10 Å². The predicted molar refractivity (Wildman–Crippen MR) is 72.3 cm³/mol. The molecule has 3 rings (SSSR count). The van der Waals surface area contributed by atoms with Crippen molar-refractivity contribution in [2.75, 3.05) is 0 Å². The van der Waals surface area contributed by atoms with Crippen LogP contribution in [0.3, 0.4) is 0 Å². The Bertz CT molecular complexity index is 578. The van der Waals surface area contributed by atoms with E-state index in [-0.39, 0.29) is 6.61 Å². The molecule has 106 valence electrons. The largest absolute Gasteiger partial charge is 0.483 e. The average Bonchev–Trinajstić information content (AvgIpc) is 3.24. The van der Waals surface area contributed by atoms with Gasteiger partial charge in [0.25, 0.3) is 5.89 Å². The van der Waals surface area contributed by atoms with Gasteiger partial charge in [-0.15, -0.1) is 0 Å². The van der Waals surface area contributed by atoms with Gasteiger partial charge in [-0.05, 0) is 25.3 Å². The molecule has 1 heterocycles. The van der Waals surface area contributed by atoms with E-state index in [0.717, 1.165) is 24.2 Å². The number of rotatable bonds is 6. The summed E-state index contributed by atoms with van der Waals surface area (Å²) in [5, 5.41) is 13.9. The van der Waals surface area contributed by atoms with Crippen molar-refractivity contribution < 1.29 is 14.4 Å². The third kappa shape index (κ3) is 2.82. The Kier molecular flexibility index (Phi) is 3.69. The van der Waals surface area contributed by atoms with Crippen molar-refractivity contribution >= 4 is 0 Å². The summed E-state index contributed by atoms with van der Waals surface area (Å²) in [6.45, 7) is 2.16. The number of ether oxygens (including phenoxy) is 1. The lowest BCUT2D eigenvalue weighted by molar-refractivity contribution is 0.163. The third-order valence-electron chi connectivity index (χ3n) is 3.44. The molecule has 0 aliphatic heterocycles. The van der Waals surface area contributed by atoms with Crippen molar-refractivity contribution in [2.45, 2.75) is 44.8 Å². The fraction of sp³-hybridized carbons (Fsp3) is 0.467. The molecule has 1 aromatic heterocycles. The van der Waals surface area contributed by atoms with Crippen molar-refractivity contribution in [3.8, 4) is 5.75 Å². The maximum Gasteiger partial charge on any atom is 0.264 e. The first-order valence-electron chi connectivity index (χ1n) is 7.00. The van der Waals surface area contributed by atoms with Gasteiger partial charge in [-0.3, -0.25) is 0 Å². The molecule has 0 unspecified atom stereocenters. The van der Waals surface area contributed by atoms with Crippen LogP contribution in [0.5, 0.6) is 5.75 Å². The number of para-hydroxylation sites is 1. The molecule has 5 nitrogen and oxygen atoms in total. The molecular weight excluding hydrogens is 256 g/mol. The van der Waals surface area contributed by atoms with E-state index in [1.807, 2.05) is 31.2 Å². The van der Waals surface area contributed by atoms with Gasteiger partial charge >= 0.3 is 0 Å². The summed E-state index contributed by atoms with van der Waals surface area (Å²) < 4.78 is 10.9. The Hall–Kier alpha value is -1.88. The molecule has 1 saturated carbocycles. The van der Waals surface area contributed by atoms with Crippen LogP contribution in [0.15, 0.2) is 28.8 Å². The molecule has 20 heavy (non-hydrogen) atoms. The van der Waals surface area contributed by atoms with Crippen LogP contribution in [0.4, 0.5) is 0 Å². The molecule has 0 radical (unpaired) electrons. The first-order chi connectivity index (χ1) is 9.78. The van der Waals surface area contributed by atoms with E-state index in [9.17, 15) is 5.11 Å². The highest BCUT2D eigenvalue weighted by molar-refractivity contribution is 5.35. The SMILES string of the molecule is CC[C@H](O)c1ccccc1OCc1nc(C2CC2)no1. The van der Waals surface area contributed by atoms with Crippen LogP contribution in [0.1, 0.15) is 55.5 Å². The molecule has 0 bridgehead atoms. The second-order valence-corrected chi connectivity index (χ2v) is 5.07. The monoisotopic (exact) mass is 274 g/mol. The summed E-state index contributed by atoms with van der Waals surface area (Å²) in [4.78, 5) is 4.32. The Balaban J connectivity index is 1.67. The summed E-state index contributed by atoms with van der Waals surface area (Å²) in [5.74, 6) is 2.40. The number of benzene rings is 1. The van der Waals surface area contributed by atoms with Crippen LogP contribution in [-0.4, -0.2) is 15.2 Å². The zero-order valence-electron chi connectivity index (χ0n) is 11.5. The van der Waals surface area contributed by atoms with Gasteiger partial charge in [0.1, 0.15) is 5.75 Å². The molecule has 2 aromatic rings. The van der Waals surface area contributed by atoms with E-state index >= 15 is 0 Å². The second kappa shape index (κ2) is 5.63. The van der Waals surface area contributed by atoms with Gasteiger partial charge in [0.2, 0.25) is 0 Å². The van der Waals surface area contributed by atoms with E-state index in [1.165, 1.54) is 0 Å². The van der Waals surface area contributed by atoms with Crippen LogP contribution >= 0.6 is 0 Å². The number of hydrogen-bond donors (Lipinski definition) is 1. The highest BCUT2D eigenvalue weighted by Gasteiger charge is 2.28. The molecular formula is C15H18N2O3. The van der Waals surface area contributed by atoms with Gasteiger partial charge in [0, 0.05) is 11.5 Å². The van der Waals surface area contributed by atoms with Crippen molar-refractivity contribution in [1.29, 1.82) is 0 Å². The highest BCUT2D eigenvalue weighted by atomic mass is 16.5. The van der Waals surface area contributed by atoms with E-state index in [2.05, 4.69) is 10.1 Å². The van der Waals surface area contributed by atoms with Gasteiger partial charge < -0.3 is 14.4 Å². The maximum atomic E-state index is 9.96. The van der Waals surface area contributed by atoms with Gasteiger partial charge in [0.15, 0.2) is 12.4 Å². The summed E-state index contributed by atoms with van der Waals surface area (Å²) in [6, 6.07) is 7.48. The molecule has 0 amide bonds. The van der Waals surface area contributed by atoms with E-state index in [0.29, 0.717) is 24.0 Å². The number of aromatic nitrogens is 2. The molecule has 1 fully saturated rings. The van der Waals surface area contributed by atoms with Crippen LogP contribution in [0.2, 0.25) is 0 Å². The van der Waals surface area contributed by atoms with Crippen molar-refractivity contribution in [3.05, 3.63) is 41.5 Å². The number of nitrogens with zero attached hydrogens (tertiary/aromatic N) is 2. The number of aliphatic hydroxyl groups excluding tert-OH is 1. The zero-order valence-corrected chi connectivity index (χ0v) is 11.5. The standard InChI is InChI=1S/C15H18N2O3/c1-2-12(18)11-5-3-4-6-13(11)19-9-14-16-15(17-20-14)10-7-8-10/h3-6,10,12,18H,2,7-9H2,1H3/t12-/m0/s1. The molecule has 1 aliphatic carbocycles. The summed E-state index contributed by atoms with van der Waals surface area (Å²) in [6.07, 6.45) is 2.42. The maximum absolute atomic E-state index is 9.96. The lowest BCUT2D eigenvalue weighted by atomic mass is 10.1. The second-order valence-electron chi connectivity index (χ2n) is 5.07. The zero-order chi connectivity index (χ0) is 13.9. The summed E-state index contributed by atoms with van der Waals surface area (Å²) >= 11 is 0. The third-order valence-corrected chi connectivity index (χ3v) is 3.44. The molecule has 5 heteroatoms. The van der Waals surface area contributed by atoms with Crippen LogP contribution in [0.25, 0.3) is 0 Å². The van der Waals surface area contributed by atoms with Gasteiger partial charge in [-0.2, -0.15) is 4.98 Å². The van der Waals surface area contributed by atoms with Crippen LogP contribution in [-0.2, 0) is 6.61 Å². The molecule has 1 atom stereocenters. The van der Waals surface area contributed by atoms with E-state index < -0.39 is 6.10 Å². The van der Waals surface area contributed by atoms with Crippen molar-refractivity contribution in [2.24, 2.45) is 0 Å². The average molecular weight is 274 g/mol. The fourth-order valence-electron chi connectivity index (χ4n) is 2.08. The topological polar surface area (TPSA) is 68.4 Å². The lowest BCUT2D eigenvalue weighted by Crippen LogP contribution is -2.02. The van der Waals surface area contributed by atoms with Crippen molar-refractivity contribution in [3.63, 3.8) is 0 Å². The smallest absolute Gasteiger partial charge is 0.264 e. The van der Waals surface area contributed by atoms with Crippen molar-refractivity contribution in [1.82, 2.24) is 10.1 Å². The Morgan fingerprint density at radius 3 is 2.95 bits per heavy atom. The highest BCUT2D eigenvalue weighted by Crippen LogP contribution is 2.38. The lowest BCUT2D eigenvalue weighted by Gasteiger charge is -2.13.